The zero-order valence-corrected chi connectivity index (χ0v) is 19.2. The van der Waals surface area contributed by atoms with Gasteiger partial charge in [0, 0.05) is 38.8 Å². The molecule has 148 valence electrons. The Morgan fingerprint density at radius 1 is 1.27 bits per heavy atom. The van der Waals surface area contributed by atoms with Crippen molar-refractivity contribution in [1.29, 1.82) is 0 Å². The average molecular weight is 474 g/mol. The molecule has 2 N–H and O–H groups in total. The lowest BCUT2D eigenvalue weighted by Crippen LogP contribution is -2.56. The van der Waals surface area contributed by atoms with E-state index in [0.717, 1.165) is 45.4 Å². The molecule has 6 heteroatoms. The van der Waals surface area contributed by atoms with Gasteiger partial charge in [0.2, 0.25) is 0 Å². The number of aliphatic imine (C=N–C) groups is 1. The molecule has 1 atom stereocenters. The maximum Gasteiger partial charge on any atom is 0.191 e. The highest BCUT2D eigenvalue weighted by molar-refractivity contribution is 14.0. The third-order valence-electron chi connectivity index (χ3n) is 4.97. The van der Waals surface area contributed by atoms with Gasteiger partial charge in [-0.1, -0.05) is 36.8 Å². The summed E-state index contributed by atoms with van der Waals surface area (Å²) in [5.74, 6) is 1.30. The van der Waals surface area contributed by atoms with E-state index in [9.17, 15) is 0 Å². The van der Waals surface area contributed by atoms with E-state index in [-0.39, 0.29) is 29.5 Å². The summed E-state index contributed by atoms with van der Waals surface area (Å²) < 4.78 is 5.46. The molecular weight excluding hydrogens is 439 g/mol. The standard InChI is InChI=1S/C20H34N4O.HI/c1-16-7-6-8-18(13-16)17(2)14-22-19(21-5)23-15-20(3,4)24-9-11-25-12-10-24;/h6-8,13,17H,9-12,14-15H2,1-5H3,(H2,21,22,23);1H. The SMILES string of the molecule is CN=C(NCC(C)c1cccc(C)c1)NCC(C)(C)N1CCOCC1.I. The van der Waals surface area contributed by atoms with Crippen LogP contribution in [0, 0.1) is 6.92 Å². The van der Waals surface area contributed by atoms with Gasteiger partial charge in [-0.15, -0.1) is 24.0 Å². The first-order valence-electron chi connectivity index (χ1n) is 9.26. The molecule has 0 bridgehead atoms. The van der Waals surface area contributed by atoms with E-state index in [2.05, 4.69) is 72.5 Å². The number of hydrogen-bond donors (Lipinski definition) is 2. The number of aryl methyl sites for hydroxylation is 1. The highest BCUT2D eigenvalue weighted by Gasteiger charge is 2.28. The Kier molecular flexibility index (Phi) is 9.89. The van der Waals surface area contributed by atoms with E-state index in [0.29, 0.717) is 5.92 Å². The topological polar surface area (TPSA) is 48.9 Å². The maximum absolute atomic E-state index is 5.46. The number of morpholine rings is 1. The zero-order chi connectivity index (χ0) is 18.3. The van der Waals surface area contributed by atoms with Crippen LogP contribution in [0.2, 0.25) is 0 Å². The number of guanidine groups is 1. The summed E-state index contributed by atoms with van der Waals surface area (Å²) in [5, 5.41) is 6.94. The fourth-order valence-corrected chi connectivity index (χ4v) is 3.15. The molecule has 0 aliphatic carbocycles. The van der Waals surface area contributed by atoms with E-state index in [1.807, 2.05) is 7.05 Å². The Labute approximate surface area is 176 Å². The molecule has 1 aromatic rings. The van der Waals surface area contributed by atoms with Gasteiger partial charge in [-0.2, -0.15) is 0 Å². The third kappa shape index (κ3) is 7.04. The molecule has 0 saturated carbocycles. The second-order valence-corrected chi connectivity index (χ2v) is 7.53. The molecule has 0 amide bonds. The summed E-state index contributed by atoms with van der Waals surface area (Å²) in [4.78, 5) is 6.85. The molecule has 1 aliphatic rings. The van der Waals surface area contributed by atoms with Crippen molar-refractivity contribution >= 4 is 29.9 Å². The molecule has 0 radical (unpaired) electrons. The molecule has 1 fully saturated rings. The van der Waals surface area contributed by atoms with Crippen molar-refractivity contribution < 1.29 is 4.74 Å². The minimum absolute atomic E-state index is 0. The van der Waals surface area contributed by atoms with Gasteiger partial charge >= 0.3 is 0 Å². The van der Waals surface area contributed by atoms with Crippen LogP contribution in [0.25, 0.3) is 0 Å². The van der Waals surface area contributed by atoms with Gasteiger partial charge in [-0.05, 0) is 32.3 Å². The molecule has 0 aromatic heterocycles. The Morgan fingerprint density at radius 2 is 1.96 bits per heavy atom. The van der Waals surface area contributed by atoms with Gasteiger partial charge in [-0.25, -0.2) is 0 Å². The molecular formula is C20H35IN4O. The Bertz CT molecular complexity index is 571. The molecule has 1 aliphatic heterocycles. The van der Waals surface area contributed by atoms with Crippen molar-refractivity contribution in [3.05, 3.63) is 35.4 Å². The van der Waals surface area contributed by atoms with Gasteiger partial charge < -0.3 is 15.4 Å². The molecule has 1 saturated heterocycles. The van der Waals surface area contributed by atoms with Crippen molar-refractivity contribution in [2.24, 2.45) is 4.99 Å². The van der Waals surface area contributed by atoms with Gasteiger partial charge in [0.15, 0.2) is 5.96 Å². The fraction of sp³-hybridized carbons (Fsp3) is 0.650. The Balaban J connectivity index is 0.00000338. The van der Waals surface area contributed by atoms with E-state index < -0.39 is 0 Å². The number of hydrogen-bond acceptors (Lipinski definition) is 3. The van der Waals surface area contributed by atoms with Crippen LogP contribution in [0.3, 0.4) is 0 Å². The summed E-state index contributed by atoms with van der Waals surface area (Å²) in [7, 11) is 1.83. The zero-order valence-electron chi connectivity index (χ0n) is 16.8. The highest BCUT2D eigenvalue weighted by Crippen LogP contribution is 2.16. The number of nitrogens with zero attached hydrogens (tertiary/aromatic N) is 2. The van der Waals surface area contributed by atoms with Crippen LogP contribution in [0.5, 0.6) is 0 Å². The molecule has 1 unspecified atom stereocenters. The first-order valence-corrected chi connectivity index (χ1v) is 9.26. The second kappa shape index (κ2) is 11.1. The molecule has 26 heavy (non-hydrogen) atoms. The van der Waals surface area contributed by atoms with Crippen LogP contribution in [0.1, 0.15) is 37.8 Å². The van der Waals surface area contributed by atoms with Crippen LogP contribution < -0.4 is 10.6 Å². The summed E-state index contributed by atoms with van der Waals surface area (Å²) >= 11 is 0. The van der Waals surface area contributed by atoms with Gasteiger partial charge in [-0.3, -0.25) is 9.89 Å². The summed E-state index contributed by atoms with van der Waals surface area (Å²) in [5.41, 5.74) is 2.74. The van der Waals surface area contributed by atoms with E-state index in [1.54, 1.807) is 0 Å². The summed E-state index contributed by atoms with van der Waals surface area (Å²) in [6, 6.07) is 8.71. The number of benzene rings is 1. The number of nitrogens with one attached hydrogen (secondary N) is 2. The minimum atomic E-state index is 0. The van der Waals surface area contributed by atoms with Gasteiger partial charge in [0.25, 0.3) is 0 Å². The van der Waals surface area contributed by atoms with Crippen LogP contribution in [0.4, 0.5) is 0 Å². The first kappa shape index (κ1) is 23.2. The normalized spacial score (nSPS) is 17.3. The van der Waals surface area contributed by atoms with Gasteiger partial charge in [0.05, 0.1) is 13.2 Å². The highest BCUT2D eigenvalue weighted by atomic mass is 127. The van der Waals surface area contributed by atoms with E-state index in [1.165, 1.54) is 11.1 Å². The predicted molar refractivity (Wildman–Crippen MR) is 121 cm³/mol. The Hall–Kier alpha value is -0.860. The van der Waals surface area contributed by atoms with E-state index in [4.69, 9.17) is 4.74 Å². The largest absolute Gasteiger partial charge is 0.379 e. The molecule has 1 aromatic carbocycles. The van der Waals surface area contributed by atoms with Crippen LogP contribution in [-0.4, -0.2) is 62.8 Å². The summed E-state index contributed by atoms with van der Waals surface area (Å²) in [6.07, 6.45) is 0. The monoisotopic (exact) mass is 474 g/mol. The number of ether oxygens (including phenoxy) is 1. The summed E-state index contributed by atoms with van der Waals surface area (Å²) in [6.45, 7) is 14.3. The van der Waals surface area contributed by atoms with Crippen molar-refractivity contribution in [2.45, 2.75) is 39.2 Å². The third-order valence-corrected chi connectivity index (χ3v) is 4.97. The van der Waals surface area contributed by atoms with Crippen LogP contribution in [0.15, 0.2) is 29.3 Å². The minimum Gasteiger partial charge on any atom is -0.379 e. The predicted octanol–water partition coefficient (Wildman–Crippen LogP) is 2.99. The van der Waals surface area contributed by atoms with Crippen LogP contribution >= 0.6 is 24.0 Å². The molecule has 2 rings (SSSR count). The fourth-order valence-electron chi connectivity index (χ4n) is 3.15. The molecule has 1 heterocycles. The van der Waals surface area contributed by atoms with Crippen molar-refractivity contribution in [2.75, 3.05) is 46.4 Å². The molecule has 5 nitrogen and oxygen atoms in total. The quantitative estimate of drug-likeness (QED) is 0.378. The second-order valence-electron chi connectivity index (χ2n) is 7.53. The van der Waals surface area contributed by atoms with Crippen molar-refractivity contribution in [3.63, 3.8) is 0 Å². The lowest BCUT2D eigenvalue weighted by molar-refractivity contribution is -0.00834. The van der Waals surface area contributed by atoms with Gasteiger partial charge in [0.1, 0.15) is 0 Å². The average Bonchev–Trinajstić information content (AvgIpc) is 2.62. The van der Waals surface area contributed by atoms with Crippen LogP contribution in [-0.2, 0) is 4.74 Å². The molecule has 0 spiro atoms. The van der Waals surface area contributed by atoms with E-state index >= 15 is 0 Å². The lowest BCUT2D eigenvalue weighted by atomic mass is 9.99. The maximum atomic E-state index is 5.46. The number of rotatable bonds is 6. The lowest BCUT2D eigenvalue weighted by Gasteiger charge is -2.41. The smallest absolute Gasteiger partial charge is 0.191 e. The Morgan fingerprint density at radius 3 is 2.58 bits per heavy atom. The number of halogens is 1. The van der Waals surface area contributed by atoms with Crippen molar-refractivity contribution in [3.8, 4) is 0 Å². The first-order chi connectivity index (χ1) is 11.9. The van der Waals surface area contributed by atoms with Crippen molar-refractivity contribution in [1.82, 2.24) is 15.5 Å².